The van der Waals surface area contributed by atoms with E-state index in [1.807, 2.05) is 48.5 Å². The molecule has 5 heteroatoms. The Morgan fingerprint density at radius 3 is 1.71 bits per heavy atom. The lowest BCUT2D eigenvalue weighted by Gasteiger charge is -2.35. The van der Waals surface area contributed by atoms with Crippen LogP contribution < -0.4 is 21.3 Å². The SMILES string of the molecule is Nc1cccc(N2CCCN(c3cccc(N)c3)C2=O)c1. The highest BCUT2D eigenvalue weighted by Crippen LogP contribution is 2.26. The van der Waals surface area contributed by atoms with Gasteiger partial charge in [-0.25, -0.2) is 4.79 Å². The zero-order valence-corrected chi connectivity index (χ0v) is 11.7. The number of carbonyl (C=O) groups is 1. The van der Waals surface area contributed by atoms with E-state index in [4.69, 9.17) is 11.5 Å². The Bertz CT molecular complexity index is 615. The van der Waals surface area contributed by atoms with Gasteiger partial charge in [0, 0.05) is 35.8 Å². The molecular weight excluding hydrogens is 264 g/mol. The van der Waals surface area contributed by atoms with Crippen LogP contribution in [0.15, 0.2) is 48.5 Å². The summed E-state index contributed by atoms with van der Waals surface area (Å²) in [5, 5.41) is 0. The van der Waals surface area contributed by atoms with Crippen molar-refractivity contribution in [1.29, 1.82) is 0 Å². The van der Waals surface area contributed by atoms with Gasteiger partial charge in [0.2, 0.25) is 0 Å². The van der Waals surface area contributed by atoms with E-state index in [2.05, 4.69) is 0 Å². The molecule has 0 bridgehead atoms. The highest BCUT2D eigenvalue weighted by atomic mass is 16.2. The smallest absolute Gasteiger partial charge is 0.328 e. The molecule has 5 nitrogen and oxygen atoms in total. The van der Waals surface area contributed by atoms with Crippen LogP contribution in [0.25, 0.3) is 0 Å². The zero-order chi connectivity index (χ0) is 14.8. The Morgan fingerprint density at radius 1 is 0.810 bits per heavy atom. The summed E-state index contributed by atoms with van der Waals surface area (Å²) in [5.74, 6) is 0. The van der Waals surface area contributed by atoms with E-state index in [0.717, 1.165) is 17.8 Å². The van der Waals surface area contributed by atoms with Crippen LogP contribution >= 0.6 is 0 Å². The molecule has 0 spiro atoms. The van der Waals surface area contributed by atoms with Gasteiger partial charge in [0.25, 0.3) is 0 Å². The Morgan fingerprint density at radius 2 is 1.29 bits per heavy atom. The summed E-state index contributed by atoms with van der Waals surface area (Å²) in [6, 6.07) is 14.7. The van der Waals surface area contributed by atoms with Crippen LogP contribution in [0.2, 0.25) is 0 Å². The lowest BCUT2D eigenvalue weighted by molar-refractivity contribution is 0.248. The predicted octanol–water partition coefficient (Wildman–Crippen LogP) is 2.69. The van der Waals surface area contributed by atoms with E-state index in [0.29, 0.717) is 24.5 Å². The normalized spacial score (nSPS) is 15.3. The highest BCUT2D eigenvalue weighted by Gasteiger charge is 2.27. The van der Waals surface area contributed by atoms with Crippen molar-refractivity contribution < 1.29 is 4.79 Å². The molecule has 2 aromatic carbocycles. The van der Waals surface area contributed by atoms with E-state index in [9.17, 15) is 4.79 Å². The summed E-state index contributed by atoms with van der Waals surface area (Å²) in [7, 11) is 0. The standard InChI is InChI=1S/C16H18N4O/c17-12-4-1-6-14(10-12)19-8-3-9-20(16(19)21)15-7-2-5-13(18)11-15/h1-2,4-7,10-11H,3,8-9,17-18H2. The van der Waals surface area contributed by atoms with Crippen molar-refractivity contribution in [2.45, 2.75) is 6.42 Å². The maximum absolute atomic E-state index is 12.7. The largest absolute Gasteiger partial charge is 0.399 e. The van der Waals surface area contributed by atoms with Gasteiger partial charge in [-0.1, -0.05) is 12.1 Å². The first-order valence-corrected chi connectivity index (χ1v) is 6.95. The van der Waals surface area contributed by atoms with Gasteiger partial charge in [-0.2, -0.15) is 0 Å². The number of amides is 2. The maximum Gasteiger partial charge on any atom is 0.328 e. The first-order chi connectivity index (χ1) is 10.1. The predicted molar refractivity (Wildman–Crippen MR) is 86.4 cm³/mol. The molecule has 4 N–H and O–H groups in total. The van der Waals surface area contributed by atoms with E-state index in [1.165, 1.54) is 0 Å². The Hall–Kier alpha value is -2.69. The maximum atomic E-state index is 12.7. The van der Waals surface area contributed by atoms with Gasteiger partial charge >= 0.3 is 6.03 Å². The number of hydrogen-bond donors (Lipinski definition) is 2. The van der Waals surface area contributed by atoms with Crippen LogP contribution in [0.1, 0.15) is 6.42 Å². The number of hydrogen-bond acceptors (Lipinski definition) is 3. The second-order valence-corrected chi connectivity index (χ2v) is 5.13. The van der Waals surface area contributed by atoms with Crippen molar-refractivity contribution >= 4 is 28.8 Å². The van der Waals surface area contributed by atoms with Crippen LogP contribution in [0.3, 0.4) is 0 Å². The molecule has 3 rings (SSSR count). The third-order valence-corrected chi connectivity index (χ3v) is 3.59. The summed E-state index contributed by atoms with van der Waals surface area (Å²) >= 11 is 0. The lowest BCUT2D eigenvalue weighted by atomic mass is 10.2. The van der Waals surface area contributed by atoms with Gasteiger partial charge in [-0.05, 0) is 42.8 Å². The minimum atomic E-state index is -0.0440. The van der Waals surface area contributed by atoms with Gasteiger partial charge in [0.15, 0.2) is 0 Å². The van der Waals surface area contributed by atoms with Gasteiger partial charge in [0.1, 0.15) is 0 Å². The molecule has 0 radical (unpaired) electrons. The summed E-state index contributed by atoms with van der Waals surface area (Å²) in [6.07, 6.45) is 0.898. The Kier molecular flexibility index (Phi) is 3.39. The van der Waals surface area contributed by atoms with Crippen molar-refractivity contribution in [3.63, 3.8) is 0 Å². The van der Waals surface area contributed by atoms with Gasteiger partial charge in [-0.15, -0.1) is 0 Å². The third-order valence-electron chi connectivity index (χ3n) is 3.59. The minimum Gasteiger partial charge on any atom is -0.399 e. The fourth-order valence-corrected chi connectivity index (χ4v) is 2.59. The van der Waals surface area contributed by atoms with Crippen LogP contribution in [0.5, 0.6) is 0 Å². The Balaban J connectivity index is 1.90. The van der Waals surface area contributed by atoms with E-state index < -0.39 is 0 Å². The molecule has 21 heavy (non-hydrogen) atoms. The second-order valence-electron chi connectivity index (χ2n) is 5.13. The molecule has 0 unspecified atom stereocenters. The molecule has 1 aliphatic rings. The van der Waals surface area contributed by atoms with E-state index in [-0.39, 0.29) is 6.03 Å². The summed E-state index contributed by atoms with van der Waals surface area (Å²) in [5.41, 5.74) is 14.6. The first kappa shape index (κ1) is 13.3. The van der Waals surface area contributed by atoms with Gasteiger partial charge in [0.05, 0.1) is 0 Å². The minimum absolute atomic E-state index is 0.0440. The average Bonchev–Trinajstić information content (AvgIpc) is 2.47. The second kappa shape index (κ2) is 5.36. The number of nitrogens with two attached hydrogens (primary N) is 2. The van der Waals surface area contributed by atoms with Crippen LogP contribution in [0.4, 0.5) is 27.5 Å². The topological polar surface area (TPSA) is 75.6 Å². The summed E-state index contributed by atoms with van der Waals surface area (Å²) in [4.78, 5) is 16.2. The molecule has 2 aromatic rings. The molecule has 1 saturated heterocycles. The fraction of sp³-hybridized carbons (Fsp3) is 0.188. The molecule has 1 fully saturated rings. The quantitative estimate of drug-likeness (QED) is 0.831. The number of nitrogen functional groups attached to an aromatic ring is 2. The lowest BCUT2D eigenvalue weighted by Crippen LogP contribution is -2.49. The average molecular weight is 282 g/mol. The number of carbonyl (C=O) groups excluding carboxylic acids is 1. The number of urea groups is 1. The molecule has 0 aromatic heterocycles. The number of rotatable bonds is 2. The highest BCUT2D eigenvalue weighted by molar-refractivity contribution is 6.04. The molecule has 1 heterocycles. The Labute approximate surface area is 123 Å². The van der Waals surface area contributed by atoms with Gasteiger partial charge < -0.3 is 11.5 Å². The van der Waals surface area contributed by atoms with Crippen molar-refractivity contribution in [3.8, 4) is 0 Å². The van der Waals surface area contributed by atoms with Gasteiger partial charge in [-0.3, -0.25) is 9.80 Å². The number of anilines is 4. The summed E-state index contributed by atoms with van der Waals surface area (Å²) < 4.78 is 0. The molecule has 0 atom stereocenters. The molecule has 2 amide bonds. The van der Waals surface area contributed by atoms with Crippen molar-refractivity contribution in [1.82, 2.24) is 0 Å². The van der Waals surface area contributed by atoms with Crippen LogP contribution in [-0.2, 0) is 0 Å². The van der Waals surface area contributed by atoms with Crippen molar-refractivity contribution in [2.24, 2.45) is 0 Å². The van der Waals surface area contributed by atoms with E-state index >= 15 is 0 Å². The van der Waals surface area contributed by atoms with Crippen LogP contribution in [0, 0.1) is 0 Å². The summed E-state index contributed by atoms with van der Waals surface area (Å²) in [6.45, 7) is 1.39. The molecule has 108 valence electrons. The number of benzene rings is 2. The molecular formula is C16H18N4O. The van der Waals surface area contributed by atoms with Crippen molar-refractivity contribution in [3.05, 3.63) is 48.5 Å². The van der Waals surface area contributed by atoms with Crippen LogP contribution in [-0.4, -0.2) is 19.1 Å². The fourth-order valence-electron chi connectivity index (χ4n) is 2.59. The van der Waals surface area contributed by atoms with Crippen molar-refractivity contribution in [2.75, 3.05) is 34.4 Å². The molecule has 0 aliphatic carbocycles. The first-order valence-electron chi connectivity index (χ1n) is 6.95. The monoisotopic (exact) mass is 282 g/mol. The third kappa shape index (κ3) is 2.63. The van der Waals surface area contributed by atoms with E-state index in [1.54, 1.807) is 9.80 Å². The number of nitrogens with zero attached hydrogens (tertiary/aromatic N) is 2. The zero-order valence-electron chi connectivity index (χ0n) is 11.7. The molecule has 1 aliphatic heterocycles. The molecule has 0 saturated carbocycles.